The zero-order valence-corrected chi connectivity index (χ0v) is 14.2. The second-order valence-corrected chi connectivity index (χ2v) is 7.49. The lowest BCUT2D eigenvalue weighted by molar-refractivity contribution is -0.142. The molecule has 0 aromatic rings. The Hall–Kier alpha value is -0.650. The lowest BCUT2D eigenvalue weighted by atomic mass is 9.74. The molecule has 0 radical (unpaired) electrons. The number of rotatable bonds is 2. The SMILES string of the molecule is C[C@@H](C(=O)N1CCCC2(CCOCC2)C1)N1CCN(C)CC1. The van der Waals surface area contributed by atoms with Crippen molar-refractivity contribution in [1.29, 1.82) is 0 Å². The fourth-order valence-electron chi connectivity index (χ4n) is 4.24. The van der Waals surface area contributed by atoms with Gasteiger partial charge in [-0.1, -0.05) is 0 Å². The topological polar surface area (TPSA) is 36.0 Å². The molecule has 3 aliphatic heterocycles. The first-order valence-corrected chi connectivity index (χ1v) is 8.89. The Morgan fingerprint density at radius 1 is 1.05 bits per heavy atom. The Labute approximate surface area is 134 Å². The lowest BCUT2D eigenvalue weighted by Gasteiger charge is -2.46. The van der Waals surface area contributed by atoms with Crippen molar-refractivity contribution in [3.05, 3.63) is 0 Å². The zero-order chi connectivity index (χ0) is 15.6. The van der Waals surface area contributed by atoms with Crippen LogP contribution in [0, 0.1) is 5.41 Å². The van der Waals surface area contributed by atoms with Gasteiger partial charge in [0.15, 0.2) is 0 Å². The van der Waals surface area contributed by atoms with Crippen LogP contribution in [0.5, 0.6) is 0 Å². The molecule has 0 bridgehead atoms. The summed E-state index contributed by atoms with van der Waals surface area (Å²) < 4.78 is 5.53. The summed E-state index contributed by atoms with van der Waals surface area (Å²) >= 11 is 0. The minimum Gasteiger partial charge on any atom is -0.381 e. The van der Waals surface area contributed by atoms with Crippen LogP contribution < -0.4 is 0 Å². The summed E-state index contributed by atoms with van der Waals surface area (Å²) in [4.78, 5) is 19.8. The molecule has 22 heavy (non-hydrogen) atoms. The molecule has 0 aliphatic carbocycles. The fourth-order valence-corrected chi connectivity index (χ4v) is 4.24. The van der Waals surface area contributed by atoms with Gasteiger partial charge in [-0.2, -0.15) is 0 Å². The van der Waals surface area contributed by atoms with E-state index >= 15 is 0 Å². The predicted molar refractivity (Wildman–Crippen MR) is 86.8 cm³/mol. The number of likely N-dealkylation sites (N-methyl/N-ethyl adjacent to an activating group) is 1. The van der Waals surface area contributed by atoms with Gasteiger partial charge in [-0.15, -0.1) is 0 Å². The molecular formula is C17H31N3O2. The minimum atomic E-state index is 0.0312. The Kier molecular flexibility index (Phi) is 5.05. The number of nitrogens with zero attached hydrogens (tertiary/aromatic N) is 3. The summed E-state index contributed by atoms with van der Waals surface area (Å²) in [5.41, 5.74) is 0.341. The van der Waals surface area contributed by atoms with Crippen LogP contribution in [0.1, 0.15) is 32.6 Å². The van der Waals surface area contributed by atoms with Crippen LogP contribution in [0.2, 0.25) is 0 Å². The summed E-state index contributed by atoms with van der Waals surface area (Å²) in [7, 11) is 2.16. The number of piperazine rings is 1. The van der Waals surface area contributed by atoms with E-state index in [2.05, 4.69) is 28.7 Å². The van der Waals surface area contributed by atoms with E-state index in [9.17, 15) is 4.79 Å². The standard InChI is InChI=1S/C17H31N3O2/c1-15(19-10-8-18(2)9-11-19)16(21)20-7-3-4-17(14-20)5-12-22-13-6-17/h15H,3-14H2,1-2H3/t15-/m0/s1. The van der Waals surface area contributed by atoms with E-state index in [0.717, 1.165) is 71.7 Å². The van der Waals surface area contributed by atoms with Crippen LogP contribution in [0.3, 0.4) is 0 Å². The summed E-state index contributed by atoms with van der Waals surface area (Å²) in [5.74, 6) is 0.343. The van der Waals surface area contributed by atoms with E-state index in [-0.39, 0.29) is 6.04 Å². The van der Waals surface area contributed by atoms with E-state index in [1.54, 1.807) is 0 Å². The summed E-state index contributed by atoms with van der Waals surface area (Å²) in [6, 6.07) is 0.0312. The largest absolute Gasteiger partial charge is 0.381 e. The van der Waals surface area contributed by atoms with Crippen molar-refractivity contribution in [2.75, 3.05) is 59.5 Å². The third kappa shape index (κ3) is 3.47. The van der Waals surface area contributed by atoms with E-state index in [1.807, 2.05) is 0 Å². The molecule has 3 heterocycles. The third-order valence-corrected chi connectivity index (χ3v) is 5.97. The van der Waals surface area contributed by atoms with E-state index in [1.165, 1.54) is 6.42 Å². The molecule has 3 fully saturated rings. The van der Waals surface area contributed by atoms with Crippen molar-refractivity contribution in [1.82, 2.24) is 14.7 Å². The Balaban J connectivity index is 1.59. The molecular weight excluding hydrogens is 278 g/mol. The highest BCUT2D eigenvalue weighted by Gasteiger charge is 2.40. The first-order valence-electron chi connectivity index (χ1n) is 8.89. The van der Waals surface area contributed by atoms with Gasteiger partial charge in [0, 0.05) is 52.5 Å². The van der Waals surface area contributed by atoms with Gasteiger partial charge in [-0.25, -0.2) is 0 Å². The molecule has 1 spiro atoms. The predicted octanol–water partition coefficient (Wildman–Crippen LogP) is 1.04. The molecule has 5 heteroatoms. The Morgan fingerprint density at radius 2 is 1.73 bits per heavy atom. The fraction of sp³-hybridized carbons (Fsp3) is 0.941. The molecule has 5 nitrogen and oxygen atoms in total. The number of carbonyl (C=O) groups excluding carboxylic acids is 1. The molecule has 3 saturated heterocycles. The summed E-state index contributed by atoms with van der Waals surface area (Å²) in [6.07, 6.45) is 4.67. The van der Waals surface area contributed by atoms with Crippen LogP contribution >= 0.6 is 0 Å². The lowest BCUT2D eigenvalue weighted by Crippen LogP contribution is -2.56. The number of ether oxygens (including phenoxy) is 1. The maximum absolute atomic E-state index is 12.9. The Bertz CT molecular complexity index is 382. The highest BCUT2D eigenvalue weighted by Crippen LogP contribution is 2.39. The highest BCUT2D eigenvalue weighted by molar-refractivity contribution is 5.81. The van der Waals surface area contributed by atoms with Gasteiger partial charge in [0.2, 0.25) is 5.91 Å². The minimum absolute atomic E-state index is 0.0312. The van der Waals surface area contributed by atoms with Gasteiger partial charge in [-0.3, -0.25) is 9.69 Å². The van der Waals surface area contributed by atoms with Crippen molar-refractivity contribution < 1.29 is 9.53 Å². The van der Waals surface area contributed by atoms with Crippen molar-refractivity contribution in [3.63, 3.8) is 0 Å². The second-order valence-electron chi connectivity index (χ2n) is 7.49. The second kappa shape index (κ2) is 6.85. The van der Waals surface area contributed by atoms with Crippen molar-refractivity contribution in [3.8, 4) is 0 Å². The van der Waals surface area contributed by atoms with Gasteiger partial charge in [-0.05, 0) is 45.1 Å². The smallest absolute Gasteiger partial charge is 0.239 e. The van der Waals surface area contributed by atoms with Gasteiger partial charge >= 0.3 is 0 Å². The molecule has 0 saturated carbocycles. The number of hydrogen-bond acceptors (Lipinski definition) is 4. The van der Waals surface area contributed by atoms with Crippen molar-refractivity contribution >= 4 is 5.91 Å². The quantitative estimate of drug-likeness (QED) is 0.764. The van der Waals surface area contributed by atoms with Crippen LogP contribution in [0.15, 0.2) is 0 Å². The summed E-state index contributed by atoms with van der Waals surface area (Å²) in [6.45, 7) is 9.89. The molecule has 1 atom stereocenters. The van der Waals surface area contributed by atoms with Crippen LogP contribution in [0.25, 0.3) is 0 Å². The van der Waals surface area contributed by atoms with Gasteiger partial charge in [0.25, 0.3) is 0 Å². The van der Waals surface area contributed by atoms with Crippen molar-refractivity contribution in [2.45, 2.75) is 38.6 Å². The van der Waals surface area contributed by atoms with E-state index in [4.69, 9.17) is 4.74 Å². The highest BCUT2D eigenvalue weighted by atomic mass is 16.5. The molecule has 1 amide bonds. The van der Waals surface area contributed by atoms with Crippen molar-refractivity contribution in [2.24, 2.45) is 5.41 Å². The number of amides is 1. The zero-order valence-electron chi connectivity index (χ0n) is 14.2. The first kappa shape index (κ1) is 16.2. The number of piperidine rings is 1. The molecule has 126 valence electrons. The maximum Gasteiger partial charge on any atom is 0.239 e. The summed E-state index contributed by atoms with van der Waals surface area (Å²) in [5, 5.41) is 0. The van der Waals surface area contributed by atoms with Gasteiger partial charge in [0.05, 0.1) is 6.04 Å². The molecule has 0 unspecified atom stereocenters. The average molecular weight is 309 g/mol. The van der Waals surface area contributed by atoms with Crippen LogP contribution in [-0.2, 0) is 9.53 Å². The normalized spacial score (nSPS) is 28.7. The monoisotopic (exact) mass is 309 g/mol. The maximum atomic E-state index is 12.9. The number of carbonyl (C=O) groups is 1. The average Bonchev–Trinajstić information content (AvgIpc) is 2.55. The third-order valence-electron chi connectivity index (χ3n) is 5.97. The number of hydrogen-bond donors (Lipinski definition) is 0. The molecule has 3 aliphatic rings. The Morgan fingerprint density at radius 3 is 2.41 bits per heavy atom. The number of likely N-dealkylation sites (tertiary alicyclic amines) is 1. The molecule has 0 N–H and O–H groups in total. The van der Waals surface area contributed by atoms with Crippen LogP contribution in [-0.4, -0.2) is 86.2 Å². The van der Waals surface area contributed by atoms with E-state index in [0.29, 0.717) is 11.3 Å². The van der Waals surface area contributed by atoms with Gasteiger partial charge in [0.1, 0.15) is 0 Å². The first-order chi connectivity index (χ1) is 10.6. The molecule has 3 rings (SSSR count). The van der Waals surface area contributed by atoms with E-state index < -0.39 is 0 Å². The molecule has 0 aromatic carbocycles. The van der Waals surface area contributed by atoms with Crippen LogP contribution in [0.4, 0.5) is 0 Å². The molecule has 0 aromatic heterocycles. The van der Waals surface area contributed by atoms with Gasteiger partial charge < -0.3 is 14.5 Å².